The number of quaternary nitrogens is 1. The number of halogens is 1. The molecule has 2 aromatic heterocycles. The summed E-state index contributed by atoms with van der Waals surface area (Å²) < 4.78 is 20.3. The molecule has 1 aliphatic heterocycles. The molecule has 134 valence electrons. The number of benzene rings is 1. The van der Waals surface area contributed by atoms with Crippen LogP contribution in [0.1, 0.15) is 12.1 Å². The highest BCUT2D eigenvalue weighted by Gasteiger charge is 2.23. The fraction of sp³-hybridized carbons (Fsp3) is 0.286. The molecule has 0 radical (unpaired) electrons. The van der Waals surface area contributed by atoms with Gasteiger partial charge in [-0.1, -0.05) is 6.08 Å². The molecule has 1 N–H and O–H groups in total. The van der Waals surface area contributed by atoms with E-state index in [1.165, 1.54) is 17.7 Å². The number of aromatic amines is 1. The van der Waals surface area contributed by atoms with Crippen LogP contribution in [0.4, 0.5) is 4.39 Å². The molecular weight excluding hydrogens is 329 g/mol. The molecule has 5 heteroatoms. The fourth-order valence-corrected chi connectivity index (χ4v) is 3.71. The maximum atomic E-state index is 13.9. The van der Waals surface area contributed by atoms with Crippen molar-refractivity contribution in [2.45, 2.75) is 6.42 Å². The predicted octanol–water partition coefficient (Wildman–Crippen LogP) is 4.24. The Hall–Kier alpha value is -2.66. The Bertz CT molecular complexity index is 1000. The number of fused-ring (bicyclic) bond motifs is 1. The lowest BCUT2D eigenvalue weighted by atomic mass is 10.0. The second-order valence-corrected chi connectivity index (χ2v) is 7.48. The first-order valence-electron chi connectivity index (χ1n) is 8.80. The van der Waals surface area contributed by atoms with Crippen molar-refractivity contribution in [2.24, 2.45) is 0 Å². The number of pyridine rings is 1. The molecule has 0 amide bonds. The third kappa shape index (κ3) is 2.99. The molecule has 0 atom stereocenters. The van der Waals surface area contributed by atoms with Crippen LogP contribution in [-0.4, -0.2) is 48.7 Å². The molecular formula is C21H23FN3O+. The minimum Gasteiger partial charge on any atom is -0.496 e. The molecule has 0 spiro atoms. The topological polar surface area (TPSA) is 37.9 Å². The molecule has 4 rings (SSSR count). The molecule has 1 aromatic carbocycles. The van der Waals surface area contributed by atoms with Gasteiger partial charge < -0.3 is 14.2 Å². The van der Waals surface area contributed by atoms with Crippen molar-refractivity contribution in [3.63, 3.8) is 0 Å². The molecule has 4 nitrogen and oxygen atoms in total. The summed E-state index contributed by atoms with van der Waals surface area (Å²) in [6.07, 6.45) is 5.11. The number of likely N-dealkylation sites (N-methyl/N-ethyl adjacent to an activating group) is 1. The van der Waals surface area contributed by atoms with Crippen LogP contribution in [-0.2, 0) is 0 Å². The lowest BCUT2D eigenvalue weighted by molar-refractivity contribution is -0.883. The van der Waals surface area contributed by atoms with E-state index in [-0.39, 0.29) is 5.82 Å². The number of ether oxygens (including phenoxy) is 1. The first-order valence-corrected chi connectivity index (χ1v) is 8.80. The van der Waals surface area contributed by atoms with E-state index in [9.17, 15) is 4.39 Å². The molecule has 3 heterocycles. The molecule has 3 aromatic rings. The normalized spacial score (nSPS) is 16.5. The summed E-state index contributed by atoms with van der Waals surface area (Å²) in [5.41, 5.74) is 4.84. The standard InChI is InChI=1S/C21H23FN3O/c1-25(2)10-4-5-14(13-25)19-12-18-16(8-9-23-21(18)24-19)17-11-15(22)6-7-20(17)26-3/h5-9,11-12H,4,10,13H2,1-3H3,(H,23,24)/q+1. The van der Waals surface area contributed by atoms with Crippen LogP contribution >= 0.6 is 0 Å². The summed E-state index contributed by atoms with van der Waals surface area (Å²) in [4.78, 5) is 7.92. The van der Waals surface area contributed by atoms with E-state index in [1.54, 1.807) is 19.4 Å². The van der Waals surface area contributed by atoms with Gasteiger partial charge in [0.05, 0.1) is 27.7 Å². The second kappa shape index (κ2) is 6.25. The lowest BCUT2D eigenvalue weighted by Crippen LogP contribution is -2.43. The number of methoxy groups -OCH3 is 1. The maximum Gasteiger partial charge on any atom is 0.138 e. The van der Waals surface area contributed by atoms with E-state index in [4.69, 9.17) is 4.74 Å². The Balaban J connectivity index is 1.85. The van der Waals surface area contributed by atoms with Gasteiger partial charge >= 0.3 is 0 Å². The molecule has 0 bridgehead atoms. The summed E-state index contributed by atoms with van der Waals surface area (Å²) in [6.45, 7) is 2.12. The number of nitrogens with zero attached hydrogens (tertiary/aromatic N) is 2. The Morgan fingerprint density at radius 1 is 1.15 bits per heavy atom. The van der Waals surface area contributed by atoms with E-state index in [2.05, 4.69) is 36.2 Å². The van der Waals surface area contributed by atoms with E-state index in [0.29, 0.717) is 5.75 Å². The van der Waals surface area contributed by atoms with Crippen LogP contribution in [0.25, 0.3) is 27.7 Å². The predicted molar refractivity (Wildman–Crippen MR) is 102 cm³/mol. The van der Waals surface area contributed by atoms with Crippen LogP contribution in [0.15, 0.2) is 42.6 Å². The fourth-order valence-electron chi connectivity index (χ4n) is 3.71. The van der Waals surface area contributed by atoms with Crippen LogP contribution in [0, 0.1) is 5.82 Å². The molecule has 0 saturated heterocycles. The molecule has 26 heavy (non-hydrogen) atoms. The zero-order valence-electron chi connectivity index (χ0n) is 15.3. The highest BCUT2D eigenvalue weighted by Crippen LogP contribution is 2.36. The van der Waals surface area contributed by atoms with Crippen LogP contribution in [0.3, 0.4) is 0 Å². The summed E-state index contributed by atoms with van der Waals surface area (Å²) in [5.74, 6) is 0.367. The van der Waals surface area contributed by atoms with Gasteiger partial charge in [0.2, 0.25) is 0 Å². The Kier molecular flexibility index (Phi) is 4.04. The van der Waals surface area contributed by atoms with E-state index in [1.807, 2.05) is 6.07 Å². The van der Waals surface area contributed by atoms with Gasteiger partial charge in [0.25, 0.3) is 0 Å². The minimum absolute atomic E-state index is 0.282. The van der Waals surface area contributed by atoms with Crippen molar-refractivity contribution < 1.29 is 13.6 Å². The van der Waals surface area contributed by atoms with Gasteiger partial charge in [0, 0.05) is 34.8 Å². The minimum atomic E-state index is -0.282. The number of hydrogen-bond donors (Lipinski definition) is 1. The van der Waals surface area contributed by atoms with Crippen molar-refractivity contribution in [2.75, 3.05) is 34.3 Å². The monoisotopic (exact) mass is 352 g/mol. The van der Waals surface area contributed by atoms with Gasteiger partial charge in [-0.15, -0.1) is 0 Å². The van der Waals surface area contributed by atoms with Crippen molar-refractivity contribution in [3.8, 4) is 16.9 Å². The summed E-state index contributed by atoms with van der Waals surface area (Å²) in [7, 11) is 6.10. The second-order valence-electron chi connectivity index (χ2n) is 7.48. The maximum absolute atomic E-state index is 13.9. The smallest absolute Gasteiger partial charge is 0.138 e. The van der Waals surface area contributed by atoms with Gasteiger partial charge in [-0.25, -0.2) is 9.37 Å². The van der Waals surface area contributed by atoms with Crippen molar-refractivity contribution >= 4 is 16.6 Å². The van der Waals surface area contributed by atoms with Gasteiger partial charge in [-0.2, -0.15) is 0 Å². The highest BCUT2D eigenvalue weighted by atomic mass is 19.1. The quantitative estimate of drug-likeness (QED) is 0.716. The molecule has 0 unspecified atom stereocenters. The van der Waals surface area contributed by atoms with Gasteiger partial charge in [-0.05, 0) is 35.9 Å². The lowest BCUT2D eigenvalue weighted by Gasteiger charge is -2.33. The molecule has 0 saturated carbocycles. The number of rotatable bonds is 3. The van der Waals surface area contributed by atoms with E-state index < -0.39 is 0 Å². The Labute approximate surface area is 152 Å². The van der Waals surface area contributed by atoms with E-state index in [0.717, 1.165) is 51.8 Å². The highest BCUT2D eigenvalue weighted by molar-refractivity contribution is 5.96. The first-order chi connectivity index (χ1) is 12.5. The van der Waals surface area contributed by atoms with Crippen LogP contribution in [0.5, 0.6) is 5.75 Å². The number of H-pyrrole nitrogens is 1. The third-order valence-corrected chi connectivity index (χ3v) is 5.05. The molecule has 0 fully saturated rings. The van der Waals surface area contributed by atoms with Crippen molar-refractivity contribution in [3.05, 3.63) is 54.1 Å². The largest absolute Gasteiger partial charge is 0.496 e. The average Bonchev–Trinajstić information content (AvgIpc) is 3.05. The van der Waals surface area contributed by atoms with Crippen molar-refractivity contribution in [1.29, 1.82) is 0 Å². The summed E-state index contributed by atoms with van der Waals surface area (Å²) in [5, 5.41) is 0.975. The summed E-state index contributed by atoms with van der Waals surface area (Å²) >= 11 is 0. The van der Waals surface area contributed by atoms with Crippen molar-refractivity contribution in [1.82, 2.24) is 9.97 Å². The Morgan fingerprint density at radius 3 is 2.77 bits per heavy atom. The SMILES string of the molecule is COc1ccc(F)cc1-c1ccnc2[nH]c(C3=CCC[N+](C)(C)C3)cc12. The zero-order valence-corrected chi connectivity index (χ0v) is 15.3. The van der Waals surface area contributed by atoms with E-state index >= 15 is 0 Å². The zero-order chi connectivity index (χ0) is 18.3. The first kappa shape index (κ1) is 16.8. The molecule has 0 aliphatic carbocycles. The number of aromatic nitrogens is 2. The van der Waals surface area contributed by atoms with Gasteiger partial charge in [0.1, 0.15) is 23.8 Å². The number of nitrogens with one attached hydrogen (secondary N) is 1. The van der Waals surface area contributed by atoms with Crippen LogP contribution in [0.2, 0.25) is 0 Å². The summed E-state index contributed by atoms with van der Waals surface area (Å²) in [6, 6.07) is 8.62. The third-order valence-electron chi connectivity index (χ3n) is 5.05. The van der Waals surface area contributed by atoms with Gasteiger partial charge in [-0.3, -0.25) is 0 Å². The Morgan fingerprint density at radius 2 is 2.00 bits per heavy atom. The average molecular weight is 352 g/mol. The van der Waals surface area contributed by atoms with Crippen LogP contribution < -0.4 is 4.74 Å². The van der Waals surface area contributed by atoms with Gasteiger partial charge in [0.15, 0.2) is 0 Å². The number of hydrogen-bond acceptors (Lipinski definition) is 2. The molecule has 1 aliphatic rings.